The highest BCUT2D eigenvalue weighted by molar-refractivity contribution is 9.10. The standard InChI is InChI=1S/C22H16BrNO2/c1-2-26-22-19(18-12-15(23)10-11-20(18)24-22)13-21(25)17-9-5-7-14-6-3-4-8-16(14)17/h3-13H,2H2,1H3/b19-13+. The van der Waals surface area contributed by atoms with Gasteiger partial charge in [0.2, 0.25) is 5.90 Å². The number of halogens is 1. The van der Waals surface area contributed by atoms with Crippen LogP contribution >= 0.6 is 15.9 Å². The van der Waals surface area contributed by atoms with Gasteiger partial charge in [0, 0.05) is 15.6 Å². The fourth-order valence-electron chi connectivity index (χ4n) is 3.14. The molecule has 0 spiro atoms. The van der Waals surface area contributed by atoms with Crippen molar-refractivity contribution in [3.05, 3.63) is 82.3 Å². The molecule has 26 heavy (non-hydrogen) atoms. The lowest BCUT2D eigenvalue weighted by molar-refractivity contribution is 0.104. The monoisotopic (exact) mass is 405 g/mol. The molecule has 1 heterocycles. The molecule has 0 radical (unpaired) electrons. The summed E-state index contributed by atoms with van der Waals surface area (Å²) in [5.74, 6) is 0.436. The summed E-state index contributed by atoms with van der Waals surface area (Å²) < 4.78 is 6.61. The maximum atomic E-state index is 13.1. The fraction of sp³-hybridized carbons (Fsp3) is 0.0909. The van der Waals surface area contributed by atoms with E-state index in [1.807, 2.05) is 67.6 Å². The number of rotatable bonds is 3. The van der Waals surface area contributed by atoms with Gasteiger partial charge in [0.1, 0.15) is 0 Å². The third-order valence-corrected chi connectivity index (χ3v) is 4.81. The summed E-state index contributed by atoms with van der Waals surface area (Å²) in [6.07, 6.45) is 1.63. The SMILES string of the molecule is CCOC1=Nc2ccc(Br)cc2/C1=C\C(=O)c1cccc2ccccc12. The van der Waals surface area contributed by atoms with Gasteiger partial charge in [-0.25, -0.2) is 4.99 Å². The van der Waals surface area contributed by atoms with Gasteiger partial charge in [-0.2, -0.15) is 0 Å². The Bertz CT molecular complexity index is 1080. The summed E-state index contributed by atoms with van der Waals surface area (Å²) in [7, 11) is 0. The number of fused-ring (bicyclic) bond motifs is 2. The summed E-state index contributed by atoms with van der Waals surface area (Å²) >= 11 is 3.49. The van der Waals surface area contributed by atoms with Gasteiger partial charge in [-0.1, -0.05) is 58.4 Å². The van der Waals surface area contributed by atoms with Gasteiger partial charge in [0.25, 0.3) is 0 Å². The number of ketones is 1. The number of ether oxygens (including phenoxy) is 1. The molecule has 4 rings (SSSR count). The minimum atomic E-state index is -0.0583. The van der Waals surface area contributed by atoms with Crippen molar-refractivity contribution in [2.24, 2.45) is 4.99 Å². The predicted octanol–water partition coefficient (Wildman–Crippen LogP) is 5.95. The van der Waals surface area contributed by atoms with Crippen LogP contribution in [-0.2, 0) is 4.74 Å². The summed E-state index contributed by atoms with van der Waals surface area (Å²) in [6, 6.07) is 19.5. The second-order valence-electron chi connectivity index (χ2n) is 5.96. The highest BCUT2D eigenvalue weighted by Crippen LogP contribution is 2.37. The fourth-order valence-corrected chi connectivity index (χ4v) is 3.50. The summed E-state index contributed by atoms with van der Waals surface area (Å²) in [5, 5.41) is 1.99. The van der Waals surface area contributed by atoms with Crippen molar-refractivity contribution in [3.63, 3.8) is 0 Å². The zero-order valence-electron chi connectivity index (χ0n) is 14.2. The van der Waals surface area contributed by atoms with E-state index >= 15 is 0 Å². The van der Waals surface area contributed by atoms with E-state index in [2.05, 4.69) is 20.9 Å². The molecule has 0 N–H and O–H groups in total. The highest BCUT2D eigenvalue weighted by Gasteiger charge is 2.24. The first-order valence-corrected chi connectivity index (χ1v) is 9.22. The van der Waals surface area contributed by atoms with Crippen LogP contribution in [0.5, 0.6) is 0 Å². The lowest BCUT2D eigenvalue weighted by atomic mass is 9.98. The lowest BCUT2D eigenvalue weighted by Gasteiger charge is -2.07. The minimum Gasteiger partial charge on any atom is -0.478 e. The van der Waals surface area contributed by atoms with E-state index in [0.717, 1.165) is 32.1 Å². The van der Waals surface area contributed by atoms with Gasteiger partial charge < -0.3 is 4.74 Å². The molecular weight excluding hydrogens is 390 g/mol. The molecule has 0 aliphatic carbocycles. The van der Waals surface area contributed by atoms with Crippen molar-refractivity contribution < 1.29 is 9.53 Å². The Morgan fingerprint density at radius 3 is 2.77 bits per heavy atom. The van der Waals surface area contributed by atoms with E-state index in [9.17, 15) is 4.79 Å². The molecule has 0 saturated carbocycles. The molecular formula is C22H16BrNO2. The molecule has 4 heteroatoms. The van der Waals surface area contributed by atoms with Crippen LogP contribution < -0.4 is 0 Å². The quantitative estimate of drug-likeness (QED) is 0.398. The van der Waals surface area contributed by atoms with Gasteiger partial charge in [0.15, 0.2) is 5.78 Å². The van der Waals surface area contributed by atoms with Crippen molar-refractivity contribution >= 4 is 49.6 Å². The molecule has 0 atom stereocenters. The Morgan fingerprint density at radius 1 is 1.12 bits per heavy atom. The van der Waals surface area contributed by atoms with E-state index in [-0.39, 0.29) is 5.78 Å². The van der Waals surface area contributed by atoms with Crippen LogP contribution in [0.2, 0.25) is 0 Å². The van der Waals surface area contributed by atoms with E-state index in [0.29, 0.717) is 18.1 Å². The number of hydrogen-bond acceptors (Lipinski definition) is 3. The van der Waals surface area contributed by atoms with Gasteiger partial charge in [-0.15, -0.1) is 0 Å². The van der Waals surface area contributed by atoms with Crippen LogP contribution in [0.25, 0.3) is 16.3 Å². The predicted molar refractivity (Wildman–Crippen MR) is 109 cm³/mol. The first-order chi connectivity index (χ1) is 12.7. The third-order valence-electron chi connectivity index (χ3n) is 4.31. The van der Waals surface area contributed by atoms with Crippen molar-refractivity contribution in [1.29, 1.82) is 0 Å². The number of aliphatic imine (C=N–C) groups is 1. The normalized spacial score (nSPS) is 14.4. The number of benzene rings is 3. The number of nitrogens with zero attached hydrogens (tertiary/aromatic N) is 1. The lowest BCUT2D eigenvalue weighted by Crippen LogP contribution is -2.06. The summed E-state index contributed by atoms with van der Waals surface area (Å²) in [5.41, 5.74) is 3.11. The smallest absolute Gasteiger partial charge is 0.222 e. The highest BCUT2D eigenvalue weighted by atomic mass is 79.9. The molecule has 0 aromatic heterocycles. The molecule has 0 fully saturated rings. The van der Waals surface area contributed by atoms with Crippen molar-refractivity contribution in [3.8, 4) is 0 Å². The third kappa shape index (κ3) is 2.97. The van der Waals surface area contributed by atoms with Crippen LogP contribution in [0.4, 0.5) is 5.69 Å². The van der Waals surface area contributed by atoms with E-state index in [1.165, 1.54) is 0 Å². The zero-order valence-corrected chi connectivity index (χ0v) is 15.8. The zero-order chi connectivity index (χ0) is 18.1. The molecule has 0 unspecified atom stereocenters. The first-order valence-electron chi connectivity index (χ1n) is 8.43. The van der Waals surface area contributed by atoms with E-state index in [1.54, 1.807) is 6.08 Å². The maximum Gasteiger partial charge on any atom is 0.222 e. The first kappa shape index (κ1) is 16.7. The molecule has 3 nitrogen and oxygen atoms in total. The number of carbonyl (C=O) groups is 1. The molecule has 0 amide bonds. The molecule has 1 aliphatic rings. The van der Waals surface area contributed by atoms with Gasteiger partial charge in [-0.3, -0.25) is 4.79 Å². The second-order valence-corrected chi connectivity index (χ2v) is 6.88. The van der Waals surface area contributed by atoms with E-state index in [4.69, 9.17) is 4.74 Å². The Kier molecular flexibility index (Phi) is 4.43. The number of carbonyl (C=O) groups excluding carboxylic acids is 1. The van der Waals surface area contributed by atoms with Crippen LogP contribution in [0.15, 0.2) is 76.2 Å². The molecule has 128 valence electrons. The Labute approximate surface area is 160 Å². The maximum absolute atomic E-state index is 13.1. The molecule has 3 aromatic rings. The van der Waals surface area contributed by atoms with Crippen LogP contribution in [0.3, 0.4) is 0 Å². The van der Waals surface area contributed by atoms with Crippen LogP contribution in [-0.4, -0.2) is 18.3 Å². The van der Waals surface area contributed by atoms with Crippen molar-refractivity contribution in [1.82, 2.24) is 0 Å². The van der Waals surface area contributed by atoms with Crippen LogP contribution in [0.1, 0.15) is 22.8 Å². The summed E-state index contributed by atoms with van der Waals surface area (Å²) in [6.45, 7) is 2.40. The second kappa shape index (κ2) is 6.89. The molecule has 0 saturated heterocycles. The van der Waals surface area contributed by atoms with Gasteiger partial charge >= 0.3 is 0 Å². The Balaban J connectivity index is 1.82. The Hall–Kier alpha value is -2.72. The van der Waals surface area contributed by atoms with Gasteiger partial charge in [0.05, 0.1) is 17.9 Å². The van der Waals surface area contributed by atoms with Crippen molar-refractivity contribution in [2.75, 3.05) is 6.61 Å². The van der Waals surface area contributed by atoms with E-state index < -0.39 is 0 Å². The summed E-state index contributed by atoms with van der Waals surface area (Å²) in [4.78, 5) is 17.6. The van der Waals surface area contributed by atoms with Gasteiger partial charge in [-0.05, 0) is 42.0 Å². The number of hydrogen-bond donors (Lipinski definition) is 0. The topological polar surface area (TPSA) is 38.7 Å². The average Bonchev–Trinajstić information content (AvgIpc) is 2.98. The number of allylic oxidation sites excluding steroid dienone is 1. The largest absolute Gasteiger partial charge is 0.478 e. The Morgan fingerprint density at radius 2 is 1.92 bits per heavy atom. The minimum absolute atomic E-state index is 0.0583. The van der Waals surface area contributed by atoms with Crippen LogP contribution in [0, 0.1) is 0 Å². The van der Waals surface area contributed by atoms with Crippen molar-refractivity contribution in [2.45, 2.75) is 6.92 Å². The molecule has 3 aromatic carbocycles. The molecule has 1 aliphatic heterocycles. The molecule has 0 bridgehead atoms. The average molecular weight is 406 g/mol.